The topological polar surface area (TPSA) is 85.5 Å². The van der Waals surface area contributed by atoms with Crippen molar-refractivity contribution >= 4 is 23.8 Å². The van der Waals surface area contributed by atoms with Gasteiger partial charge in [-0.25, -0.2) is 4.79 Å². The van der Waals surface area contributed by atoms with Gasteiger partial charge >= 0.3 is 5.97 Å². The standard InChI is InChI=1S/C17H20N2O4S/c1-9(2)13-7-12(10(3)6-14(13)22-5)8-15(16(20)21)24-17-19-18-11(4)23-17/h6-9H,1-5H3,(H,20,21)/b15-8-. The lowest BCUT2D eigenvalue weighted by atomic mass is 9.96. The highest BCUT2D eigenvalue weighted by Crippen LogP contribution is 2.33. The summed E-state index contributed by atoms with van der Waals surface area (Å²) in [4.78, 5) is 11.7. The predicted octanol–water partition coefficient (Wildman–Crippen LogP) is 4.04. The van der Waals surface area contributed by atoms with E-state index in [0.717, 1.165) is 34.2 Å². The number of carboxylic acids is 1. The smallest absolute Gasteiger partial charge is 0.342 e. The van der Waals surface area contributed by atoms with Crippen molar-refractivity contribution in [1.29, 1.82) is 0 Å². The molecule has 0 atom stereocenters. The van der Waals surface area contributed by atoms with Crippen molar-refractivity contribution in [3.8, 4) is 5.75 Å². The molecule has 24 heavy (non-hydrogen) atoms. The van der Waals surface area contributed by atoms with Gasteiger partial charge in [0.05, 0.1) is 7.11 Å². The van der Waals surface area contributed by atoms with Crippen molar-refractivity contribution in [2.75, 3.05) is 7.11 Å². The number of carbonyl (C=O) groups is 1. The third-order valence-corrected chi connectivity index (χ3v) is 4.29. The Kier molecular flexibility index (Phi) is 5.66. The van der Waals surface area contributed by atoms with Crippen LogP contribution in [0.25, 0.3) is 6.08 Å². The number of aliphatic carboxylic acids is 1. The van der Waals surface area contributed by atoms with E-state index in [4.69, 9.17) is 9.15 Å². The summed E-state index contributed by atoms with van der Waals surface area (Å²) in [6.45, 7) is 7.70. The highest BCUT2D eigenvalue weighted by atomic mass is 32.2. The summed E-state index contributed by atoms with van der Waals surface area (Å²) < 4.78 is 10.7. The SMILES string of the molecule is COc1cc(C)c(/C=C(\Sc2nnc(C)o2)C(=O)O)cc1C(C)C. The summed E-state index contributed by atoms with van der Waals surface area (Å²) >= 11 is 0.935. The van der Waals surface area contributed by atoms with Gasteiger partial charge in [-0.2, -0.15) is 0 Å². The lowest BCUT2D eigenvalue weighted by Gasteiger charge is -2.15. The molecule has 1 heterocycles. The van der Waals surface area contributed by atoms with Crippen molar-refractivity contribution in [2.45, 2.75) is 38.8 Å². The number of nitrogens with zero attached hydrogens (tertiary/aromatic N) is 2. The molecule has 0 amide bonds. The van der Waals surface area contributed by atoms with Crippen LogP contribution in [0, 0.1) is 13.8 Å². The number of benzene rings is 1. The molecule has 128 valence electrons. The fourth-order valence-corrected chi connectivity index (χ4v) is 2.89. The molecule has 0 saturated heterocycles. The van der Waals surface area contributed by atoms with Crippen LogP contribution in [0.2, 0.25) is 0 Å². The van der Waals surface area contributed by atoms with Gasteiger partial charge in [-0.15, -0.1) is 10.2 Å². The molecule has 0 spiro atoms. The average molecular weight is 348 g/mol. The van der Waals surface area contributed by atoms with Crippen LogP contribution in [-0.2, 0) is 4.79 Å². The molecule has 0 bridgehead atoms. The Labute approximate surface area is 144 Å². The van der Waals surface area contributed by atoms with E-state index in [2.05, 4.69) is 24.0 Å². The maximum absolute atomic E-state index is 11.6. The number of aromatic nitrogens is 2. The third kappa shape index (κ3) is 4.17. The zero-order valence-electron chi connectivity index (χ0n) is 14.3. The molecule has 1 aromatic carbocycles. The van der Waals surface area contributed by atoms with E-state index in [1.165, 1.54) is 0 Å². The minimum Gasteiger partial charge on any atom is -0.496 e. The second-order valence-corrected chi connectivity index (χ2v) is 6.60. The van der Waals surface area contributed by atoms with E-state index in [9.17, 15) is 9.90 Å². The Morgan fingerprint density at radius 3 is 2.54 bits per heavy atom. The summed E-state index contributed by atoms with van der Waals surface area (Å²) in [7, 11) is 1.63. The quantitative estimate of drug-likeness (QED) is 0.623. The summed E-state index contributed by atoms with van der Waals surface area (Å²) in [5.74, 6) is 0.408. The van der Waals surface area contributed by atoms with Crippen LogP contribution in [0.4, 0.5) is 0 Å². The lowest BCUT2D eigenvalue weighted by molar-refractivity contribution is -0.131. The van der Waals surface area contributed by atoms with Crippen molar-refractivity contribution in [3.05, 3.63) is 39.6 Å². The average Bonchev–Trinajstić information content (AvgIpc) is 2.92. The van der Waals surface area contributed by atoms with Gasteiger partial charge in [0.2, 0.25) is 5.89 Å². The van der Waals surface area contributed by atoms with Gasteiger partial charge in [0.15, 0.2) is 0 Å². The number of carboxylic acid groups (broad SMARTS) is 1. The highest BCUT2D eigenvalue weighted by Gasteiger charge is 2.16. The van der Waals surface area contributed by atoms with E-state index >= 15 is 0 Å². The van der Waals surface area contributed by atoms with Crippen LogP contribution in [0.1, 0.15) is 42.3 Å². The molecule has 2 rings (SSSR count). The maximum atomic E-state index is 11.6. The number of rotatable bonds is 6. The molecule has 2 aromatic rings. The molecule has 0 radical (unpaired) electrons. The first-order valence-electron chi connectivity index (χ1n) is 7.43. The summed E-state index contributed by atoms with van der Waals surface area (Å²) in [5, 5.41) is 17.2. The van der Waals surface area contributed by atoms with E-state index < -0.39 is 5.97 Å². The molecule has 6 nitrogen and oxygen atoms in total. The van der Waals surface area contributed by atoms with Crippen LogP contribution >= 0.6 is 11.8 Å². The Morgan fingerprint density at radius 2 is 2.04 bits per heavy atom. The van der Waals surface area contributed by atoms with Crippen LogP contribution in [0.5, 0.6) is 5.75 Å². The van der Waals surface area contributed by atoms with Gasteiger partial charge in [0.25, 0.3) is 5.22 Å². The number of ether oxygens (including phenoxy) is 1. The molecule has 1 N–H and O–H groups in total. The largest absolute Gasteiger partial charge is 0.496 e. The van der Waals surface area contributed by atoms with E-state index in [-0.39, 0.29) is 16.0 Å². The Morgan fingerprint density at radius 1 is 1.33 bits per heavy atom. The summed E-state index contributed by atoms with van der Waals surface area (Å²) in [6.07, 6.45) is 1.62. The minimum atomic E-state index is -1.04. The highest BCUT2D eigenvalue weighted by molar-refractivity contribution is 8.03. The molecule has 0 aliphatic rings. The van der Waals surface area contributed by atoms with Gasteiger partial charge in [-0.1, -0.05) is 13.8 Å². The number of hydrogen-bond donors (Lipinski definition) is 1. The van der Waals surface area contributed by atoms with Gasteiger partial charge in [0.1, 0.15) is 10.7 Å². The molecule has 7 heteroatoms. The third-order valence-electron chi connectivity index (χ3n) is 3.44. The maximum Gasteiger partial charge on any atom is 0.342 e. The molecule has 0 aliphatic heterocycles. The Bertz CT molecular complexity index is 781. The van der Waals surface area contributed by atoms with Crippen LogP contribution in [0.15, 0.2) is 26.7 Å². The summed E-state index contributed by atoms with van der Waals surface area (Å²) in [5.41, 5.74) is 2.77. The van der Waals surface area contributed by atoms with Crippen LogP contribution in [-0.4, -0.2) is 28.4 Å². The minimum absolute atomic E-state index is 0.113. The first kappa shape index (κ1) is 18.1. The zero-order chi connectivity index (χ0) is 17.9. The van der Waals surface area contributed by atoms with Crippen molar-refractivity contribution < 1.29 is 19.1 Å². The van der Waals surface area contributed by atoms with Crippen LogP contribution < -0.4 is 4.74 Å². The normalized spacial score (nSPS) is 11.8. The first-order valence-corrected chi connectivity index (χ1v) is 8.25. The van der Waals surface area contributed by atoms with Crippen LogP contribution in [0.3, 0.4) is 0 Å². The Balaban J connectivity index is 2.45. The molecule has 0 unspecified atom stereocenters. The molecule has 0 aliphatic carbocycles. The molecular weight excluding hydrogens is 328 g/mol. The zero-order valence-corrected chi connectivity index (χ0v) is 15.1. The van der Waals surface area contributed by atoms with Gasteiger partial charge < -0.3 is 14.3 Å². The number of aryl methyl sites for hydroxylation is 2. The molecule has 1 aromatic heterocycles. The lowest BCUT2D eigenvalue weighted by Crippen LogP contribution is -2.00. The van der Waals surface area contributed by atoms with E-state index in [1.807, 2.05) is 19.1 Å². The fourth-order valence-electron chi connectivity index (χ4n) is 2.19. The van der Waals surface area contributed by atoms with E-state index in [0.29, 0.717) is 5.89 Å². The Hall–Kier alpha value is -2.28. The molecular formula is C17H20N2O4S. The van der Waals surface area contributed by atoms with Gasteiger partial charge in [0, 0.05) is 6.92 Å². The fraction of sp³-hybridized carbons (Fsp3) is 0.353. The summed E-state index contributed by atoms with van der Waals surface area (Å²) in [6, 6.07) is 3.88. The number of thioether (sulfide) groups is 1. The number of hydrogen-bond acceptors (Lipinski definition) is 6. The molecule has 0 saturated carbocycles. The van der Waals surface area contributed by atoms with Crippen molar-refractivity contribution in [3.63, 3.8) is 0 Å². The van der Waals surface area contributed by atoms with Gasteiger partial charge in [-0.3, -0.25) is 0 Å². The first-order chi connectivity index (χ1) is 11.3. The number of methoxy groups -OCH3 is 1. The van der Waals surface area contributed by atoms with Crippen molar-refractivity contribution in [2.24, 2.45) is 0 Å². The van der Waals surface area contributed by atoms with E-state index in [1.54, 1.807) is 20.1 Å². The molecule has 0 fully saturated rings. The second kappa shape index (κ2) is 7.53. The monoisotopic (exact) mass is 348 g/mol. The van der Waals surface area contributed by atoms with Crippen molar-refractivity contribution in [1.82, 2.24) is 10.2 Å². The van der Waals surface area contributed by atoms with Gasteiger partial charge in [-0.05, 0) is 59.5 Å². The second-order valence-electron chi connectivity index (χ2n) is 5.61. The predicted molar refractivity (Wildman–Crippen MR) is 92.3 cm³/mol.